The predicted molar refractivity (Wildman–Crippen MR) is 131 cm³/mol. The van der Waals surface area contributed by atoms with Crippen LogP contribution in [0.25, 0.3) is 22.2 Å². The van der Waals surface area contributed by atoms with Gasteiger partial charge in [0.15, 0.2) is 0 Å². The molecule has 0 amide bonds. The summed E-state index contributed by atoms with van der Waals surface area (Å²) in [6.07, 6.45) is 5.26. The first-order chi connectivity index (χ1) is 16.4. The quantitative estimate of drug-likeness (QED) is 0.517. The average molecular weight is 485 g/mol. The van der Waals surface area contributed by atoms with Crippen molar-refractivity contribution < 1.29 is 14.6 Å². The Hall–Kier alpha value is -2.52. The standard InChI is InChI=1S/C25H29ClN4O4/c1-25(12-31)13-33-20-8-6-16(7-9-21(20)34-14-25)28-24-27-11-15-10-18(23(32)29-22(15)30-24)17-4-2-3-5-19(17)26/h2-5,10-11,16,20-21,31H,6-9,12-14H2,1H3,(H2,27,28,29,30,32). The first kappa shape index (κ1) is 23.2. The molecule has 2 unspecified atom stereocenters. The number of ether oxygens (including phenoxy) is 2. The van der Waals surface area contributed by atoms with Gasteiger partial charge in [0.05, 0.1) is 32.0 Å². The van der Waals surface area contributed by atoms with Gasteiger partial charge in [0.1, 0.15) is 5.65 Å². The molecule has 1 saturated heterocycles. The third kappa shape index (κ3) is 4.81. The van der Waals surface area contributed by atoms with Crippen molar-refractivity contribution in [3.8, 4) is 11.1 Å². The van der Waals surface area contributed by atoms with E-state index in [-0.39, 0.29) is 35.8 Å². The van der Waals surface area contributed by atoms with Gasteiger partial charge in [0.2, 0.25) is 5.95 Å². The molecule has 1 aliphatic heterocycles. The minimum Gasteiger partial charge on any atom is -0.396 e. The van der Waals surface area contributed by atoms with Gasteiger partial charge < -0.3 is 24.9 Å². The molecule has 3 N–H and O–H groups in total. The van der Waals surface area contributed by atoms with Gasteiger partial charge in [-0.25, -0.2) is 4.98 Å². The highest BCUT2D eigenvalue weighted by molar-refractivity contribution is 6.33. The molecule has 1 aromatic carbocycles. The molecule has 0 spiro atoms. The molecule has 2 atom stereocenters. The van der Waals surface area contributed by atoms with Gasteiger partial charge in [-0.1, -0.05) is 36.7 Å². The first-order valence-electron chi connectivity index (χ1n) is 11.7. The number of hydrogen-bond donors (Lipinski definition) is 3. The van der Waals surface area contributed by atoms with Crippen LogP contribution in [-0.2, 0) is 9.47 Å². The molecule has 2 aromatic heterocycles. The molecule has 3 aromatic rings. The van der Waals surface area contributed by atoms with Crippen LogP contribution in [0.4, 0.5) is 5.95 Å². The Bertz CT molecular complexity index is 1220. The Balaban J connectivity index is 1.30. The number of pyridine rings is 1. The summed E-state index contributed by atoms with van der Waals surface area (Å²) >= 11 is 6.28. The van der Waals surface area contributed by atoms with Gasteiger partial charge in [-0.05, 0) is 37.8 Å². The zero-order chi connectivity index (χ0) is 23.7. The molecule has 5 rings (SSSR count). The van der Waals surface area contributed by atoms with E-state index in [1.807, 2.05) is 25.1 Å². The molecular formula is C25H29ClN4O4. The van der Waals surface area contributed by atoms with E-state index in [0.717, 1.165) is 31.1 Å². The molecule has 180 valence electrons. The number of H-pyrrole nitrogens is 1. The Labute approximate surface area is 202 Å². The summed E-state index contributed by atoms with van der Waals surface area (Å²) in [6, 6.07) is 9.20. The van der Waals surface area contributed by atoms with Crippen LogP contribution in [0.2, 0.25) is 5.02 Å². The van der Waals surface area contributed by atoms with Gasteiger partial charge in [0.25, 0.3) is 5.56 Å². The normalized spacial score (nSPS) is 27.6. The van der Waals surface area contributed by atoms with Crippen molar-refractivity contribution in [2.24, 2.45) is 5.41 Å². The van der Waals surface area contributed by atoms with Crippen molar-refractivity contribution in [2.75, 3.05) is 25.1 Å². The number of halogens is 1. The highest BCUT2D eigenvalue weighted by Crippen LogP contribution is 2.32. The van der Waals surface area contributed by atoms with Crippen LogP contribution in [0, 0.1) is 5.41 Å². The monoisotopic (exact) mass is 484 g/mol. The fraction of sp³-hybridized carbons (Fsp3) is 0.480. The van der Waals surface area contributed by atoms with E-state index in [1.165, 1.54) is 0 Å². The van der Waals surface area contributed by atoms with Crippen LogP contribution in [0.3, 0.4) is 0 Å². The molecule has 0 bridgehead atoms. The van der Waals surface area contributed by atoms with Crippen molar-refractivity contribution in [1.29, 1.82) is 0 Å². The summed E-state index contributed by atoms with van der Waals surface area (Å²) in [5, 5.41) is 14.3. The van der Waals surface area contributed by atoms with Gasteiger partial charge in [0, 0.05) is 39.2 Å². The Kier molecular flexibility index (Phi) is 6.57. The van der Waals surface area contributed by atoms with Crippen molar-refractivity contribution in [1.82, 2.24) is 15.0 Å². The van der Waals surface area contributed by atoms with Crippen molar-refractivity contribution in [3.05, 3.63) is 51.9 Å². The van der Waals surface area contributed by atoms with E-state index in [0.29, 0.717) is 41.0 Å². The second kappa shape index (κ2) is 9.62. The maximum atomic E-state index is 12.7. The first-order valence-corrected chi connectivity index (χ1v) is 12.1. The summed E-state index contributed by atoms with van der Waals surface area (Å²) in [4.78, 5) is 24.6. The minimum atomic E-state index is -0.342. The number of benzene rings is 1. The Morgan fingerprint density at radius 2 is 1.85 bits per heavy atom. The predicted octanol–water partition coefficient (Wildman–Crippen LogP) is 3.78. The number of aliphatic hydroxyl groups excluding tert-OH is 1. The maximum absolute atomic E-state index is 12.7. The van der Waals surface area contributed by atoms with Gasteiger partial charge in [-0.15, -0.1) is 0 Å². The lowest BCUT2D eigenvalue weighted by atomic mass is 9.94. The van der Waals surface area contributed by atoms with Gasteiger partial charge in [-0.2, -0.15) is 4.98 Å². The number of aromatic nitrogens is 3. The zero-order valence-electron chi connectivity index (χ0n) is 19.1. The lowest BCUT2D eigenvalue weighted by Crippen LogP contribution is -2.31. The number of nitrogens with zero attached hydrogens (tertiary/aromatic N) is 2. The topological polar surface area (TPSA) is 109 Å². The molecule has 0 radical (unpaired) electrons. The summed E-state index contributed by atoms with van der Waals surface area (Å²) in [6.45, 7) is 3.04. The highest BCUT2D eigenvalue weighted by Gasteiger charge is 2.37. The number of aromatic amines is 1. The molecule has 34 heavy (non-hydrogen) atoms. The van der Waals surface area contributed by atoms with Gasteiger partial charge >= 0.3 is 0 Å². The minimum absolute atomic E-state index is 0.0253. The van der Waals surface area contributed by atoms with E-state index >= 15 is 0 Å². The van der Waals surface area contributed by atoms with Crippen molar-refractivity contribution in [2.45, 2.75) is 50.9 Å². The molecular weight excluding hydrogens is 456 g/mol. The van der Waals surface area contributed by atoms with E-state index in [1.54, 1.807) is 18.3 Å². The maximum Gasteiger partial charge on any atom is 0.257 e. The van der Waals surface area contributed by atoms with Crippen LogP contribution in [0.1, 0.15) is 32.6 Å². The lowest BCUT2D eigenvalue weighted by molar-refractivity contribution is -0.0385. The summed E-state index contributed by atoms with van der Waals surface area (Å²) < 4.78 is 12.3. The molecule has 3 heterocycles. The Morgan fingerprint density at radius 1 is 1.15 bits per heavy atom. The smallest absolute Gasteiger partial charge is 0.257 e. The molecule has 1 saturated carbocycles. The third-order valence-corrected chi connectivity index (χ3v) is 7.11. The summed E-state index contributed by atoms with van der Waals surface area (Å²) in [5.41, 5.74) is 1.05. The number of nitrogens with one attached hydrogen (secondary N) is 2. The van der Waals surface area contributed by atoms with Crippen LogP contribution in [-0.4, -0.2) is 58.1 Å². The van der Waals surface area contributed by atoms with Crippen molar-refractivity contribution in [3.63, 3.8) is 0 Å². The SMILES string of the molecule is CC1(CO)COC2CCC(Nc3ncc4cc(-c5ccccc5Cl)c(=O)[nH]c4n3)CCC2OC1. The lowest BCUT2D eigenvalue weighted by Gasteiger charge is -2.24. The zero-order valence-corrected chi connectivity index (χ0v) is 19.8. The number of hydrogen-bond acceptors (Lipinski definition) is 7. The van der Waals surface area contributed by atoms with Crippen LogP contribution < -0.4 is 10.9 Å². The van der Waals surface area contributed by atoms with Gasteiger partial charge in [-0.3, -0.25) is 4.79 Å². The molecule has 8 nitrogen and oxygen atoms in total. The number of fused-ring (bicyclic) bond motifs is 2. The van der Waals surface area contributed by atoms with Crippen LogP contribution in [0.5, 0.6) is 0 Å². The van der Waals surface area contributed by atoms with Crippen LogP contribution in [0.15, 0.2) is 41.3 Å². The van der Waals surface area contributed by atoms with Crippen LogP contribution >= 0.6 is 11.6 Å². The Morgan fingerprint density at radius 3 is 2.53 bits per heavy atom. The highest BCUT2D eigenvalue weighted by atomic mass is 35.5. The fourth-order valence-electron chi connectivity index (χ4n) is 4.65. The molecule has 9 heteroatoms. The third-order valence-electron chi connectivity index (χ3n) is 6.78. The number of rotatable bonds is 4. The second-order valence-corrected chi connectivity index (χ2v) is 10.1. The fourth-order valence-corrected chi connectivity index (χ4v) is 4.88. The molecule has 2 aliphatic rings. The second-order valence-electron chi connectivity index (χ2n) is 9.65. The summed E-state index contributed by atoms with van der Waals surface area (Å²) in [5.74, 6) is 0.482. The molecule has 2 fully saturated rings. The van der Waals surface area contributed by atoms with E-state index in [4.69, 9.17) is 21.1 Å². The largest absolute Gasteiger partial charge is 0.396 e. The molecule has 1 aliphatic carbocycles. The average Bonchev–Trinajstić information content (AvgIpc) is 3.12. The number of aliphatic hydroxyl groups is 1. The van der Waals surface area contributed by atoms with E-state index < -0.39 is 0 Å². The number of anilines is 1. The van der Waals surface area contributed by atoms with E-state index in [9.17, 15) is 9.90 Å². The van der Waals surface area contributed by atoms with E-state index in [2.05, 4.69) is 20.3 Å². The van der Waals surface area contributed by atoms with Crippen molar-refractivity contribution >= 4 is 28.6 Å². The summed E-state index contributed by atoms with van der Waals surface area (Å²) in [7, 11) is 0.